The van der Waals surface area contributed by atoms with Crippen molar-refractivity contribution in [3.63, 3.8) is 0 Å². The van der Waals surface area contributed by atoms with Crippen molar-refractivity contribution in [1.29, 1.82) is 0 Å². The summed E-state index contributed by atoms with van der Waals surface area (Å²) in [5.74, 6) is 0.839. The number of rotatable bonds is 5. The fourth-order valence-electron chi connectivity index (χ4n) is 2.42. The summed E-state index contributed by atoms with van der Waals surface area (Å²) in [7, 11) is -1.33. The normalized spacial score (nSPS) is 17.3. The monoisotopic (exact) mass is 253 g/mol. The van der Waals surface area contributed by atoms with Crippen LogP contribution in [0.15, 0.2) is 12.1 Å². The summed E-state index contributed by atoms with van der Waals surface area (Å²) in [6.07, 6.45) is 6.88. The third kappa shape index (κ3) is 4.10. The van der Waals surface area contributed by atoms with Gasteiger partial charge in [0.2, 0.25) is 0 Å². The van der Waals surface area contributed by atoms with E-state index in [0.717, 1.165) is 19.0 Å². The maximum Gasteiger partial charge on any atom is 0.499 e. The first-order valence-electron chi connectivity index (χ1n) is 6.41. The van der Waals surface area contributed by atoms with E-state index in [4.69, 9.17) is 10.0 Å². The molecule has 17 heavy (non-hydrogen) atoms. The molecule has 1 aliphatic rings. The van der Waals surface area contributed by atoms with E-state index < -0.39 is 7.12 Å². The van der Waals surface area contributed by atoms with Crippen LogP contribution in [-0.4, -0.2) is 23.7 Å². The smallest absolute Gasteiger partial charge is 0.423 e. The molecule has 1 fully saturated rings. The van der Waals surface area contributed by atoms with Crippen molar-refractivity contribution in [2.75, 3.05) is 6.54 Å². The van der Waals surface area contributed by atoms with Crippen molar-refractivity contribution in [3.05, 3.63) is 17.0 Å². The average molecular weight is 253 g/mol. The highest BCUT2D eigenvalue weighted by molar-refractivity contribution is 7.22. The number of thiophene rings is 1. The van der Waals surface area contributed by atoms with Crippen LogP contribution in [0.25, 0.3) is 0 Å². The van der Waals surface area contributed by atoms with Gasteiger partial charge in [0.25, 0.3) is 0 Å². The second-order valence-electron chi connectivity index (χ2n) is 4.81. The van der Waals surface area contributed by atoms with Gasteiger partial charge in [0.1, 0.15) is 0 Å². The molecule has 1 aromatic rings. The molecular weight excluding hydrogens is 233 g/mol. The first-order valence-corrected chi connectivity index (χ1v) is 7.23. The van der Waals surface area contributed by atoms with Crippen molar-refractivity contribution in [1.82, 2.24) is 5.32 Å². The van der Waals surface area contributed by atoms with Crippen molar-refractivity contribution < 1.29 is 10.0 Å². The largest absolute Gasteiger partial charge is 0.499 e. The Morgan fingerprint density at radius 3 is 2.65 bits per heavy atom. The van der Waals surface area contributed by atoms with E-state index in [-0.39, 0.29) is 0 Å². The summed E-state index contributed by atoms with van der Waals surface area (Å²) < 4.78 is 0.625. The van der Waals surface area contributed by atoms with Gasteiger partial charge in [-0.2, -0.15) is 0 Å². The Bertz CT molecular complexity index is 337. The summed E-state index contributed by atoms with van der Waals surface area (Å²) in [4.78, 5) is 1.17. The molecule has 0 aliphatic heterocycles. The van der Waals surface area contributed by atoms with Gasteiger partial charge in [-0.1, -0.05) is 25.3 Å². The molecule has 3 nitrogen and oxygen atoms in total. The Balaban J connectivity index is 1.70. The summed E-state index contributed by atoms with van der Waals surface area (Å²) in [5, 5.41) is 21.5. The van der Waals surface area contributed by atoms with E-state index in [9.17, 15) is 0 Å². The molecule has 0 bridgehead atoms. The van der Waals surface area contributed by atoms with Gasteiger partial charge in [-0.25, -0.2) is 0 Å². The van der Waals surface area contributed by atoms with Crippen molar-refractivity contribution >= 4 is 23.2 Å². The first-order chi connectivity index (χ1) is 8.25. The van der Waals surface area contributed by atoms with Crippen LogP contribution in [0.4, 0.5) is 0 Å². The molecule has 0 saturated heterocycles. The Morgan fingerprint density at radius 1 is 1.24 bits per heavy atom. The summed E-state index contributed by atoms with van der Waals surface area (Å²) in [6.45, 7) is 1.93. The molecule has 0 radical (unpaired) electrons. The van der Waals surface area contributed by atoms with Gasteiger partial charge in [-0.15, -0.1) is 11.3 Å². The molecular formula is C12H20BNO2S. The highest BCUT2D eigenvalue weighted by Crippen LogP contribution is 2.22. The minimum atomic E-state index is -1.33. The second kappa shape index (κ2) is 6.54. The van der Waals surface area contributed by atoms with Gasteiger partial charge < -0.3 is 15.4 Å². The minimum absolute atomic E-state index is 0.625. The van der Waals surface area contributed by atoms with Crippen LogP contribution in [0.3, 0.4) is 0 Å². The zero-order valence-corrected chi connectivity index (χ0v) is 10.9. The highest BCUT2D eigenvalue weighted by atomic mass is 32.1. The molecule has 0 aromatic carbocycles. The predicted octanol–water partition coefficient (Wildman–Crippen LogP) is 1.10. The van der Waals surface area contributed by atoms with Gasteiger partial charge in [0, 0.05) is 16.2 Å². The summed E-state index contributed by atoms with van der Waals surface area (Å²) in [6, 6.07) is 3.75. The molecule has 3 N–H and O–H groups in total. The molecule has 1 aromatic heterocycles. The van der Waals surface area contributed by atoms with Crippen LogP contribution in [0.2, 0.25) is 0 Å². The lowest BCUT2D eigenvalue weighted by atomic mass is 9.89. The van der Waals surface area contributed by atoms with E-state index in [0.29, 0.717) is 4.78 Å². The van der Waals surface area contributed by atoms with Crippen LogP contribution in [0.5, 0.6) is 0 Å². The molecule has 0 unspecified atom stereocenters. The van der Waals surface area contributed by atoms with Gasteiger partial charge >= 0.3 is 7.12 Å². The Hall–Kier alpha value is -0.355. The molecule has 5 heteroatoms. The Kier molecular flexibility index (Phi) is 5.04. The molecule has 0 atom stereocenters. The zero-order chi connectivity index (χ0) is 12.1. The van der Waals surface area contributed by atoms with E-state index in [1.54, 1.807) is 6.07 Å². The van der Waals surface area contributed by atoms with Crippen molar-refractivity contribution in [2.24, 2.45) is 5.92 Å². The van der Waals surface area contributed by atoms with Gasteiger partial charge in [-0.05, 0) is 31.4 Å². The van der Waals surface area contributed by atoms with Crippen molar-refractivity contribution in [2.45, 2.75) is 38.6 Å². The Morgan fingerprint density at radius 2 is 2.00 bits per heavy atom. The minimum Gasteiger partial charge on any atom is -0.423 e. The third-order valence-corrected chi connectivity index (χ3v) is 4.52. The maximum atomic E-state index is 9.01. The molecule has 2 rings (SSSR count). The standard InChI is InChI=1S/C12H20BNO2S/c15-13(16)12-7-6-11(17-12)9-14-8-10-4-2-1-3-5-10/h6-7,10,14-16H,1-5,8-9H2. The lowest BCUT2D eigenvalue weighted by Crippen LogP contribution is -2.26. The van der Waals surface area contributed by atoms with E-state index in [1.807, 2.05) is 6.07 Å². The molecule has 94 valence electrons. The molecule has 0 spiro atoms. The van der Waals surface area contributed by atoms with E-state index >= 15 is 0 Å². The van der Waals surface area contributed by atoms with E-state index in [2.05, 4.69) is 5.32 Å². The Labute approximate surface area is 107 Å². The van der Waals surface area contributed by atoms with Gasteiger partial charge in [0.05, 0.1) is 0 Å². The quantitative estimate of drug-likeness (QED) is 0.689. The SMILES string of the molecule is OB(O)c1ccc(CNCC2CCCCC2)s1. The number of hydrogen-bond donors (Lipinski definition) is 3. The lowest BCUT2D eigenvalue weighted by molar-refractivity contribution is 0.342. The van der Waals surface area contributed by atoms with Gasteiger partial charge in [-0.3, -0.25) is 0 Å². The number of hydrogen-bond acceptors (Lipinski definition) is 4. The maximum absolute atomic E-state index is 9.01. The molecule has 0 amide bonds. The fraction of sp³-hybridized carbons (Fsp3) is 0.667. The fourth-order valence-corrected chi connectivity index (χ4v) is 3.27. The summed E-state index contributed by atoms with van der Waals surface area (Å²) in [5.41, 5.74) is 0. The van der Waals surface area contributed by atoms with Crippen LogP contribution in [-0.2, 0) is 6.54 Å². The zero-order valence-electron chi connectivity index (χ0n) is 10.1. The first kappa shape index (κ1) is 13.1. The topological polar surface area (TPSA) is 52.5 Å². The number of nitrogens with one attached hydrogen (secondary N) is 1. The van der Waals surface area contributed by atoms with Crippen molar-refractivity contribution in [3.8, 4) is 0 Å². The molecule has 1 heterocycles. The molecule has 1 saturated carbocycles. The van der Waals surface area contributed by atoms with Crippen LogP contribution < -0.4 is 10.1 Å². The predicted molar refractivity (Wildman–Crippen MR) is 72.4 cm³/mol. The van der Waals surface area contributed by atoms with Gasteiger partial charge in [0.15, 0.2) is 0 Å². The summed E-state index contributed by atoms with van der Waals surface area (Å²) >= 11 is 1.47. The molecule has 1 aliphatic carbocycles. The van der Waals surface area contributed by atoms with Crippen LogP contribution in [0.1, 0.15) is 37.0 Å². The van der Waals surface area contributed by atoms with Crippen LogP contribution in [0, 0.1) is 5.92 Å². The third-order valence-electron chi connectivity index (χ3n) is 3.39. The lowest BCUT2D eigenvalue weighted by Gasteiger charge is -2.21. The average Bonchev–Trinajstić information content (AvgIpc) is 2.79. The van der Waals surface area contributed by atoms with Crippen LogP contribution >= 0.6 is 11.3 Å². The highest BCUT2D eigenvalue weighted by Gasteiger charge is 2.15. The van der Waals surface area contributed by atoms with E-state index in [1.165, 1.54) is 48.3 Å². The second-order valence-corrected chi connectivity index (χ2v) is 6.01.